The number of nitrogens with one attached hydrogen (secondary N) is 1. The van der Waals surface area contributed by atoms with Gasteiger partial charge in [0.1, 0.15) is 16.9 Å². The van der Waals surface area contributed by atoms with E-state index in [9.17, 15) is 27.6 Å². The number of carbonyl (C=O) groups excluding carboxylic acids is 3. The Labute approximate surface area is 230 Å². The third-order valence-electron chi connectivity index (χ3n) is 7.75. The summed E-state index contributed by atoms with van der Waals surface area (Å²) >= 11 is 1.30. The number of likely N-dealkylation sites (N-methyl/N-ethyl adjacent to an activating group) is 1. The fourth-order valence-corrected chi connectivity index (χ4v) is 6.08. The molecule has 2 saturated heterocycles. The van der Waals surface area contributed by atoms with Crippen molar-refractivity contribution in [2.45, 2.75) is 44.2 Å². The first kappa shape index (κ1) is 26.4. The molecule has 1 aliphatic carbocycles. The molecule has 40 heavy (non-hydrogen) atoms. The molecule has 2 aromatic rings. The SMILES string of the molecule is C[C@@H](C(=O)Nc1csc(-c2cnc(N3CC4CC4C3)nc2)n1)N1C=NC2C1C(=O)N(CCC(F)(F)F)C(=O)N2C. The number of piperidine rings is 1. The Morgan fingerprint density at radius 3 is 2.58 bits per heavy atom. The Bertz CT molecular complexity index is 1360. The van der Waals surface area contributed by atoms with Gasteiger partial charge >= 0.3 is 12.2 Å². The number of rotatable bonds is 7. The van der Waals surface area contributed by atoms with Crippen LogP contribution in [0.3, 0.4) is 0 Å². The number of hydrogen-bond acceptors (Lipinski definition) is 10. The summed E-state index contributed by atoms with van der Waals surface area (Å²) in [6.45, 7) is 2.70. The number of fused-ring (bicyclic) bond motifs is 2. The van der Waals surface area contributed by atoms with Crippen molar-refractivity contribution in [2.24, 2.45) is 16.8 Å². The van der Waals surface area contributed by atoms with Crippen molar-refractivity contribution in [3.8, 4) is 10.6 Å². The lowest BCUT2D eigenvalue weighted by atomic mass is 10.1. The molecule has 5 heterocycles. The molecule has 0 aromatic carbocycles. The number of urea groups is 1. The minimum absolute atomic E-state index is 0.294. The number of thiazole rings is 1. The minimum Gasteiger partial charge on any atom is -0.340 e. The number of aliphatic imine (C=N–C) groups is 1. The summed E-state index contributed by atoms with van der Waals surface area (Å²) in [6, 6.07) is -2.93. The average Bonchev–Trinajstić information content (AvgIpc) is 3.29. The third-order valence-corrected chi connectivity index (χ3v) is 8.64. The monoisotopic (exact) mass is 577 g/mol. The van der Waals surface area contributed by atoms with E-state index in [1.807, 2.05) is 0 Å². The van der Waals surface area contributed by atoms with Crippen LogP contribution >= 0.6 is 11.3 Å². The predicted molar refractivity (Wildman–Crippen MR) is 138 cm³/mol. The summed E-state index contributed by atoms with van der Waals surface area (Å²) in [6.07, 6.45) is -0.828. The van der Waals surface area contributed by atoms with E-state index in [1.165, 1.54) is 43.0 Å². The van der Waals surface area contributed by atoms with E-state index in [0.29, 0.717) is 27.2 Å². The summed E-state index contributed by atoms with van der Waals surface area (Å²) in [4.78, 5) is 61.5. The predicted octanol–water partition coefficient (Wildman–Crippen LogP) is 2.27. The highest BCUT2D eigenvalue weighted by Gasteiger charge is 2.52. The lowest BCUT2D eigenvalue weighted by Gasteiger charge is -2.42. The van der Waals surface area contributed by atoms with Crippen molar-refractivity contribution in [3.05, 3.63) is 17.8 Å². The quantitative estimate of drug-likeness (QED) is 0.531. The number of hydrogen-bond donors (Lipinski definition) is 1. The van der Waals surface area contributed by atoms with Crippen molar-refractivity contribution in [2.75, 3.05) is 36.9 Å². The number of alkyl halides is 3. The van der Waals surface area contributed by atoms with Crippen LogP contribution < -0.4 is 10.2 Å². The molecule has 212 valence electrons. The highest BCUT2D eigenvalue weighted by Crippen LogP contribution is 2.45. The van der Waals surface area contributed by atoms with Gasteiger partial charge in [-0.1, -0.05) is 0 Å². The molecule has 0 bridgehead atoms. The molecule has 4 unspecified atom stereocenters. The Balaban J connectivity index is 1.10. The number of imide groups is 1. The summed E-state index contributed by atoms with van der Waals surface area (Å²) in [5.41, 5.74) is 0.709. The lowest BCUT2D eigenvalue weighted by Crippen LogP contribution is -2.66. The Hall–Kier alpha value is -3.82. The minimum atomic E-state index is -4.54. The Kier molecular flexibility index (Phi) is 6.39. The van der Waals surface area contributed by atoms with E-state index in [0.717, 1.165) is 29.8 Å². The van der Waals surface area contributed by atoms with Gasteiger partial charge in [-0.05, 0) is 25.2 Å². The van der Waals surface area contributed by atoms with Gasteiger partial charge in [0.15, 0.2) is 12.2 Å². The highest BCUT2D eigenvalue weighted by atomic mass is 32.1. The zero-order valence-corrected chi connectivity index (χ0v) is 22.4. The van der Waals surface area contributed by atoms with Gasteiger partial charge in [-0.2, -0.15) is 13.2 Å². The van der Waals surface area contributed by atoms with Crippen LogP contribution in [0.2, 0.25) is 0 Å². The highest BCUT2D eigenvalue weighted by molar-refractivity contribution is 7.13. The summed E-state index contributed by atoms with van der Waals surface area (Å²) in [5, 5.41) is 5.00. The molecule has 6 rings (SSSR count). The standard InChI is InChI=1S/C24H26F3N9O3S/c1-12(36-11-30-18-17(36)21(38)35(23(39)33(18)2)4-3-24(25,26)27)19(37)31-16-10-40-20(32-16)15-6-28-22(29-7-15)34-8-13-5-14(13)9-34/h6-7,10-14,17-18H,3-5,8-9H2,1-2H3,(H,31,37)/t12-,13?,14?,17?,18?/m0/s1. The first-order valence-electron chi connectivity index (χ1n) is 12.8. The van der Waals surface area contributed by atoms with E-state index in [-0.39, 0.29) is 0 Å². The second kappa shape index (κ2) is 9.67. The molecule has 12 nitrogen and oxygen atoms in total. The summed E-state index contributed by atoms with van der Waals surface area (Å²) < 4.78 is 38.4. The molecule has 3 aliphatic heterocycles. The molecule has 1 saturated carbocycles. The maximum Gasteiger partial charge on any atom is 0.390 e. The van der Waals surface area contributed by atoms with E-state index in [1.54, 1.807) is 17.8 Å². The number of nitrogens with zero attached hydrogens (tertiary/aromatic N) is 8. The van der Waals surface area contributed by atoms with Crippen molar-refractivity contribution < 1.29 is 27.6 Å². The topological polar surface area (TPSA) is 127 Å². The van der Waals surface area contributed by atoms with Crippen molar-refractivity contribution >= 4 is 47.3 Å². The van der Waals surface area contributed by atoms with Gasteiger partial charge in [-0.15, -0.1) is 11.3 Å². The molecule has 0 spiro atoms. The van der Waals surface area contributed by atoms with Crippen molar-refractivity contribution in [1.29, 1.82) is 0 Å². The van der Waals surface area contributed by atoms with Crippen LogP contribution in [0.1, 0.15) is 19.8 Å². The number of amides is 4. The molecular weight excluding hydrogens is 551 g/mol. The second-order valence-corrected chi connectivity index (χ2v) is 11.3. The molecule has 4 aliphatic rings. The van der Waals surface area contributed by atoms with Crippen LogP contribution in [0.4, 0.5) is 29.7 Å². The van der Waals surface area contributed by atoms with Crippen LogP contribution in [-0.2, 0) is 9.59 Å². The van der Waals surface area contributed by atoms with E-state index >= 15 is 0 Å². The van der Waals surface area contributed by atoms with E-state index < -0.39 is 55.2 Å². The maximum atomic E-state index is 13.1. The van der Waals surface area contributed by atoms with Gasteiger partial charge in [0.05, 0.1) is 12.8 Å². The molecule has 3 fully saturated rings. The molecular formula is C24H26F3N9O3S. The smallest absolute Gasteiger partial charge is 0.340 e. The largest absolute Gasteiger partial charge is 0.390 e. The molecule has 4 amide bonds. The first-order chi connectivity index (χ1) is 19.0. The van der Waals surface area contributed by atoms with Gasteiger partial charge in [0.25, 0.3) is 5.91 Å². The second-order valence-electron chi connectivity index (χ2n) is 10.5. The lowest BCUT2D eigenvalue weighted by molar-refractivity contribution is -0.148. The normalized spacial score (nSPS) is 26.3. The maximum absolute atomic E-state index is 13.1. The van der Waals surface area contributed by atoms with E-state index in [2.05, 4.69) is 30.2 Å². The van der Waals surface area contributed by atoms with Crippen LogP contribution in [0.5, 0.6) is 0 Å². The van der Waals surface area contributed by atoms with Gasteiger partial charge in [0, 0.05) is 50.0 Å². The molecule has 1 N–H and O–H groups in total. The number of halogens is 3. The summed E-state index contributed by atoms with van der Waals surface area (Å²) in [5.74, 6) is 1.18. The number of anilines is 2. The zero-order chi connectivity index (χ0) is 28.3. The van der Waals surface area contributed by atoms with Crippen LogP contribution in [-0.4, -0.2) is 105 Å². The Morgan fingerprint density at radius 2 is 1.90 bits per heavy atom. The average molecular weight is 578 g/mol. The fraction of sp³-hybridized carbons (Fsp3) is 0.542. The first-order valence-corrected chi connectivity index (χ1v) is 13.7. The zero-order valence-electron chi connectivity index (χ0n) is 21.6. The number of carbonyl (C=O) groups is 3. The van der Waals surface area contributed by atoms with Gasteiger partial charge < -0.3 is 20.0 Å². The van der Waals surface area contributed by atoms with Crippen LogP contribution in [0, 0.1) is 11.8 Å². The fourth-order valence-electron chi connectivity index (χ4n) is 5.35. The van der Waals surface area contributed by atoms with Crippen molar-refractivity contribution in [3.63, 3.8) is 0 Å². The molecule has 0 radical (unpaired) electrons. The Morgan fingerprint density at radius 1 is 1.20 bits per heavy atom. The molecule has 5 atom stereocenters. The molecule has 16 heteroatoms. The number of aromatic nitrogens is 3. The van der Waals surface area contributed by atoms with Crippen LogP contribution in [0.15, 0.2) is 22.8 Å². The van der Waals surface area contributed by atoms with E-state index in [4.69, 9.17) is 0 Å². The third kappa shape index (κ3) is 4.84. The molecule has 2 aromatic heterocycles. The van der Waals surface area contributed by atoms with Gasteiger partial charge in [-0.25, -0.2) is 24.7 Å². The van der Waals surface area contributed by atoms with Crippen LogP contribution in [0.25, 0.3) is 10.6 Å². The van der Waals surface area contributed by atoms with Gasteiger partial charge in [-0.3, -0.25) is 14.5 Å². The van der Waals surface area contributed by atoms with Crippen molar-refractivity contribution in [1.82, 2.24) is 29.7 Å². The summed E-state index contributed by atoms with van der Waals surface area (Å²) in [7, 11) is 1.36. The van der Waals surface area contributed by atoms with Gasteiger partial charge in [0.2, 0.25) is 11.9 Å².